The van der Waals surface area contributed by atoms with Crippen molar-refractivity contribution in [1.82, 2.24) is 5.32 Å². The molecule has 4 nitrogen and oxygen atoms in total. The summed E-state index contributed by atoms with van der Waals surface area (Å²) >= 11 is 0. The van der Waals surface area contributed by atoms with E-state index in [0.29, 0.717) is 12.0 Å². The lowest BCUT2D eigenvalue weighted by Gasteiger charge is -2.20. The van der Waals surface area contributed by atoms with Gasteiger partial charge in [-0.05, 0) is 38.3 Å². The van der Waals surface area contributed by atoms with Gasteiger partial charge >= 0.3 is 0 Å². The summed E-state index contributed by atoms with van der Waals surface area (Å²) in [6, 6.07) is 4.70. The normalized spacial score (nSPS) is 25.5. The summed E-state index contributed by atoms with van der Waals surface area (Å²) in [5.74, 6) is 2.58. The minimum absolute atomic E-state index is 0.266. The highest BCUT2D eigenvalue weighted by atomic mass is 16.5. The van der Waals surface area contributed by atoms with Crippen molar-refractivity contribution in [2.24, 2.45) is 5.92 Å². The molecule has 0 spiro atoms. The van der Waals surface area contributed by atoms with Gasteiger partial charge < -0.3 is 19.5 Å². The second kappa shape index (κ2) is 6.24. The van der Waals surface area contributed by atoms with Crippen LogP contribution in [0.3, 0.4) is 0 Å². The Balaban J connectivity index is 1.68. The molecule has 2 heterocycles. The SMILES string of the molecule is COc1cc2c(cc1CNC(C)C1CCOC1)OC(C)C2. The Morgan fingerprint density at radius 3 is 3.00 bits per heavy atom. The topological polar surface area (TPSA) is 39.7 Å². The maximum atomic E-state index is 5.85. The van der Waals surface area contributed by atoms with Gasteiger partial charge in [-0.3, -0.25) is 0 Å². The lowest BCUT2D eigenvalue weighted by Crippen LogP contribution is -2.33. The fourth-order valence-corrected chi connectivity index (χ4v) is 3.19. The fraction of sp³-hybridized carbons (Fsp3) is 0.647. The number of ether oxygens (including phenoxy) is 3. The van der Waals surface area contributed by atoms with E-state index in [4.69, 9.17) is 14.2 Å². The van der Waals surface area contributed by atoms with Gasteiger partial charge in [-0.1, -0.05) is 0 Å². The minimum atomic E-state index is 0.266. The molecule has 2 aliphatic rings. The van der Waals surface area contributed by atoms with E-state index in [1.807, 2.05) is 0 Å². The summed E-state index contributed by atoms with van der Waals surface area (Å²) in [6.07, 6.45) is 2.38. The molecular weight excluding hydrogens is 266 g/mol. The molecule has 116 valence electrons. The van der Waals surface area contributed by atoms with Crippen molar-refractivity contribution in [2.45, 2.75) is 45.4 Å². The molecule has 1 fully saturated rings. The van der Waals surface area contributed by atoms with Gasteiger partial charge in [-0.15, -0.1) is 0 Å². The first-order valence-corrected chi connectivity index (χ1v) is 7.85. The number of hydrogen-bond acceptors (Lipinski definition) is 4. The van der Waals surface area contributed by atoms with Gasteiger partial charge in [0.2, 0.25) is 0 Å². The van der Waals surface area contributed by atoms with Crippen molar-refractivity contribution < 1.29 is 14.2 Å². The minimum Gasteiger partial charge on any atom is -0.496 e. The molecule has 3 atom stereocenters. The van der Waals surface area contributed by atoms with Crippen LogP contribution in [-0.4, -0.2) is 32.5 Å². The Kier molecular flexibility index (Phi) is 4.36. The molecule has 3 unspecified atom stereocenters. The van der Waals surface area contributed by atoms with Gasteiger partial charge in [0, 0.05) is 36.7 Å². The number of nitrogens with one attached hydrogen (secondary N) is 1. The van der Waals surface area contributed by atoms with E-state index in [1.54, 1.807) is 7.11 Å². The average Bonchev–Trinajstić information content (AvgIpc) is 3.11. The van der Waals surface area contributed by atoms with E-state index in [1.165, 1.54) is 5.56 Å². The van der Waals surface area contributed by atoms with Crippen LogP contribution in [-0.2, 0) is 17.7 Å². The summed E-state index contributed by atoms with van der Waals surface area (Å²) in [6.45, 7) is 6.90. The van der Waals surface area contributed by atoms with Crippen LogP contribution in [0.2, 0.25) is 0 Å². The van der Waals surface area contributed by atoms with Crippen LogP contribution in [0.1, 0.15) is 31.4 Å². The monoisotopic (exact) mass is 291 g/mol. The van der Waals surface area contributed by atoms with Crippen LogP contribution in [0.25, 0.3) is 0 Å². The van der Waals surface area contributed by atoms with Crippen molar-refractivity contribution >= 4 is 0 Å². The highest BCUT2D eigenvalue weighted by Crippen LogP contribution is 2.35. The Hall–Kier alpha value is -1.26. The van der Waals surface area contributed by atoms with Crippen molar-refractivity contribution in [3.8, 4) is 11.5 Å². The summed E-state index contributed by atoms with van der Waals surface area (Å²) < 4.78 is 16.9. The third-order valence-electron chi connectivity index (χ3n) is 4.59. The first kappa shape index (κ1) is 14.7. The predicted molar refractivity (Wildman–Crippen MR) is 82.0 cm³/mol. The van der Waals surface area contributed by atoms with Crippen LogP contribution in [0.15, 0.2) is 12.1 Å². The van der Waals surface area contributed by atoms with Crippen molar-refractivity contribution in [1.29, 1.82) is 0 Å². The maximum absolute atomic E-state index is 5.85. The van der Waals surface area contributed by atoms with Gasteiger partial charge in [-0.25, -0.2) is 0 Å². The molecule has 0 amide bonds. The first-order valence-electron chi connectivity index (χ1n) is 7.85. The number of rotatable bonds is 5. The summed E-state index contributed by atoms with van der Waals surface area (Å²) in [4.78, 5) is 0. The first-order chi connectivity index (χ1) is 10.2. The third-order valence-corrected chi connectivity index (χ3v) is 4.59. The van der Waals surface area contributed by atoms with Crippen LogP contribution in [0.4, 0.5) is 0 Å². The zero-order valence-corrected chi connectivity index (χ0v) is 13.1. The van der Waals surface area contributed by atoms with Gasteiger partial charge in [0.05, 0.1) is 13.7 Å². The lowest BCUT2D eigenvalue weighted by atomic mass is 10.00. The molecule has 1 aromatic rings. The summed E-state index contributed by atoms with van der Waals surface area (Å²) in [5, 5.41) is 3.60. The Bertz CT molecular complexity index is 497. The predicted octanol–water partition coefficient (Wildman–Crippen LogP) is 2.53. The quantitative estimate of drug-likeness (QED) is 0.905. The summed E-state index contributed by atoms with van der Waals surface area (Å²) in [7, 11) is 1.73. The molecule has 3 rings (SSSR count). The maximum Gasteiger partial charge on any atom is 0.123 e. The van der Waals surface area contributed by atoms with E-state index in [-0.39, 0.29) is 6.10 Å². The second-order valence-corrected chi connectivity index (χ2v) is 6.20. The van der Waals surface area contributed by atoms with E-state index >= 15 is 0 Å². The zero-order valence-electron chi connectivity index (χ0n) is 13.1. The smallest absolute Gasteiger partial charge is 0.123 e. The molecule has 21 heavy (non-hydrogen) atoms. The molecule has 0 aliphatic carbocycles. The molecule has 1 saturated heterocycles. The Labute approximate surface area is 126 Å². The number of fused-ring (bicyclic) bond motifs is 1. The molecule has 0 saturated carbocycles. The van der Waals surface area contributed by atoms with Gasteiger partial charge in [0.15, 0.2) is 0 Å². The average molecular weight is 291 g/mol. The molecule has 1 N–H and O–H groups in total. The van der Waals surface area contributed by atoms with Crippen LogP contribution >= 0.6 is 0 Å². The van der Waals surface area contributed by atoms with E-state index in [2.05, 4.69) is 31.3 Å². The van der Waals surface area contributed by atoms with Crippen molar-refractivity contribution in [2.75, 3.05) is 20.3 Å². The largest absolute Gasteiger partial charge is 0.496 e. The standard InChI is InChI=1S/C17H25NO3/c1-11-6-14-7-16(19-3)15(8-17(14)21-11)9-18-12(2)13-4-5-20-10-13/h7-8,11-13,18H,4-6,9-10H2,1-3H3. The van der Waals surface area contributed by atoms with E-state index in [0.717, 1.165) is 49.7 Å². The second-order valence-electron chi connectivity index (χ2n) is 6.20. The Morgan fingerprint density at radius 2 is 2.29 bits per heavy atom. The van der Waals surface area contributed by atoms with Gasteiger partial charge in [-0.2, -0.15) is 0 Å². The Morgan fingerprint density at radius 1 is 1.43 bits per heavy atom. The van der Waals surface area contributed by atoms with Gasteiger partial charge in [0.1, 0.15) is 17.6 Å². The number of benzene rings is 1. The molecule has 0 bridgehead atoms. The highest BCUT2D eigenvalue weighted by molar-refractivity contribution is 5.48. The molecule has 0 radical (unpaired) electrons. The highest BCUT2D eigenvalue weighted by Gasteiger charge is 2.24. The molecule has 4 heteroatoms. The van der Waals surface area contributed by atoms with E-state index in [9.17, 15) is 0 Å². The number of methoxy groups -OCH3 is 1. The zero-order chi connectivity index (χ0) is 14.8. The number of hydrogen-bond donors (Lipinski definition) is 1. The van der Waals surface area contributed by atoms with Crippen LogP contribution in [0.5, 0.6) is 11.5 Å². The lowest BCUT2D eigenvalue weighted by molar-refractivity contribution is 0.178. The van der Waals surface area contributed by atoms with Crippen molar-refractivity contribution in [3.63, 3.8) is 0 Å². The van der Waals surface area contributed by atoms with Crippen LogP contribution < -0.4 is 14.8 Å². The molecule has 1 aromatic carbocycles. The molecule has 0 aromatic heterocycles. The fourth-order valence-electron chi connectivity index (χ4n) is 3.19. The third kappa shape index (κ3) is 3.16. The molecular formula is C17H25NO3. The van der Waals surface area contributed by atoms with Crippen LogP contribution in [0, 0.1) is 5.92 Å². The van der Waals surface area contributed by atoms with E-state index < -0.39 is 0 Å². The summed E-state index contributed by atoms with van der Waals surface area (Å²) in [5.41, 5.74) is 2.41. The van der Waals surface area contributed by atoms with Gasteiger partial charge in [0.25, 0.3) is 0 Å². The van der Waals surface area contributed by atoms with Crippen molar-refractivity contribution in [3.05, 3.63) is 23.3 Å². The molecule has 2 aliphatic heterocycles.